The predicted octanol–water partition coefficient (Wildman–Crippen LogP) is 3.74. The van der Waals surface area contributed by atoms with E-state index in [1.165, 1.54) is 6.08 Å². The minimum Gasteiger partial charge on any atom is -0.460 e. The highest BCUT2D eigenvalue weighted by Crippen LogP contribution is 2.20. The Balaban J connectivity index is 1.82. The molecular formula is C34H39N3O8. The van der Waals surface area contributed by atoms with Crippen molar-refractivity contribution >= 4 is 40.6 Å². The highest BCUT2D eigenvalue weighted by molar-refractivity contribution is 5.95. The number of hydrogen-bond donors (Lipinski definition) is 3. The molecule has 0 saturated heterocycles. The molecule has 3 N–H and O–H groups in total. The summed E-state index contributed by atoms with van der Waals surface area (Å²) in [5, 5.41) is 9.36. The molecule has 0 aliphatic heterocycles. The summed E-state index contributed by atoms with van der Waals surface area (Å²) in [7, 11) is 0. The van der Waals surface area contributed by atoms with Crippen molar-refractivity contribution in [3.63, 3.8) is 0 Å². The molecule has 0 spiro atoms. The largest absolute Gasteiger partial charge is 0.460 e. The first kappa shape index (κ1) is 34.3. The van der Waals surface area contributed by atoms with Crippen LogP contribution in [-0.4, -0.2) is 60.7 Å². The van der Waals surface area contributed by atoms with Gasteiger partial charge in [0.2, 0.25) is 11.8 Å². The van der Waals surface area contributed by atoms with Crippen molar-refractivity contribution in [3.05, 3.63) is 96.6 Å². The van der Waals surface area contributed by atoms with E-state index in [2.05, 4.69) is 22.5 Å². The molecular weight excluding hydrogens is 578 g/mol. The van der Waals surface area contributed by atoms with Gasteiger partial charge in [-0.2, -0.15) is 0 Å². The Morgan fingerprint density at radius 1 is 0.800 bits per heavy atom. The van der Waals surface area contributed by atoms with Gasteiger partial charge in [0.05, 0.1) is 6.42 Å². The molecule has 0 radical (unpaired) electrons. The highest BCUT2D eigenvalue weighted by Gasteiger charge is 2.31. The van der Waals surface area contributed by atoms with Gasteiger partial charge in [-0.15, -0.1) is 0 Å². The first-order valence-corrected chi connectivity index (χ1v) is 14.5. The third-order valence-corrected chi connectivity index (χ3v) is 6.32. The second-order valence-electron chi connectivity index (χ2n) is 11.1. The average Bonchev–Trinajstić information content (AvgIpc) is 3.00. The molecule has 238 valence electrons. The molecule has 0 unspecified atom stereocenters. The molecule has 2 atom stereocenters. The van der Waals surface area contributed by atoms with Gasteiger partial charge < -0.3 is 30.2 Å². The van der Waals surface area contributed by atoms with E-state index in [0.29, 0.717) is 0 Å². The summed E-state index contributed by atoms with van der Waals surface area (Å²) in [6.45, 7) is 7.96. The van der Waals surface area contributed by atoms with Crippen LogP contribution in [0.2, 0.25) is 0 Å². The van der Waals surface area contributed by atoms with Gasteiger partial charge in [0, 0.05) is 6.42 Å². The Labute approximate surface area is 262 Å². The molecule has 45 heavy (non-hydrogen) atoms. The number of carbonyl (C=O) groups is 5. The lowest BCUT2D eigenvalue weighted by Crippen LogP contribution is -2.55. The number of carbonyl (C=O) groups excluding carboxylic acids is 5. The number of hydrogen-bond acceptors (Lipinski definition) is 8. The van der Waals surface area contributed by atoms with Crippen LogP contribution in [0.15, 0.2) is 85.5 Å². The van der Waals surface area contributed by atoms with Gasteiger partial charge in [0.25, 0.3) is 0 Å². The van der Waals surface area contributed by atoms with Gasteiger partial charge in [-0.1, -0.05) is 85.5 Å². The maximum Gasteiger partial charge on any atom is 0.408 e. The molecule has 0 aromatic heterocycles. The summed E-state index contributed by atoms with van der Waals surface area (Å²) >= 11 is 0. The van der Waals surface area contributed by atoms with Crippen LogP contribution >= 0.6 is 0 Å². The third kappa shape index (κ3) is 11.8. The van der Waals surface area contributed by atoms with E-state index < -0.39 is 60.5 Å². The minimum absolute atomic E-state index is 0.0245. The molecule has 3 rings (SSSR count). The smallest absolute Gasteiger partial charge is 0.408 e. The van der Waals surface area contributed by atoms with E-state index in [1.807, 2.05) is 48.5 Å². The van der Waals surface area contributed by atoms with E-state index in [4.69, 9.17) is 14.2 Å². The second kappa shape index (κ2) is 16.6. The molecule has 0 fully saturated rings. The standard InChI is InChI=1S/C34H39N3O8/c1-5-18-43-30(39)21-35-31(40)27(19-25-16-11-15-24-14-9-10-17-26(24)25)36-32(41)28(20-29(38)45-34(2,3)4)37-33(42)44-22-23-12-7-6-8-13-23/h5-17,27-28H,1,18-22H2,2-4H3,(H,35,40)(H,36,41)(H,37,42)/t27-,28-/m0/s1. The number of esters is 2. The van der Waals surface area contributed by atoms with Crippen LogP contribution in [0.3, 0.4) is 0 Å². The zero-order chi connectivity index (χ0) is 32.8. The molecule has 0 aliphatic rings. The molecule has 0 heterocycles. The van der Waals surface area contributed by atoms with Crippen LogP contribution in [-0.2, 0) is 46.4 Å². The van der Waals surface area contributed by atoms with Gasteiger partial charge in [-0.05, 0) is 42.7 Å². The lowest BCUT2D eigenvalue weighted by atomic mass is 9.98. The first-order chi connectivity index (χ1) is 21.4. The number of ether oxygens (including phenoxy) is 3. The van der Waals surface area contributed by atoms with E-state index in [0.717, 1.165) is 21.9 Å². The average molecular weight is 618 g/mol. The van der Waals surface area contributed by atoms with Crippen LogP contribution in [0.25, 0.3) is 10.8 Å². The minimum atomic E-state index is -1.44. The van der Waals surface area contributed by atoms with Crippen LogP contribution in [0, 0.1) is 0 Å². The van der Waals surface area contributed by atoms with Gasteiger partial charge in [-0.25, -0.2) is 4.79 Å². The maximum atomic E-state index is 13.6. The molecule has 11 heteroatoms. The number of benzene rings is 3. The molecule has 3 aromatic rings. The first-order valence-electron chi connectivity index (χ1n) is 14.5. The third-order valence-electron chi connectivity index (χ3n) is 6.32. The fourth-order valence-electron chi connectivity index (χ4n) is 4.32. The maximum absolute atomic E-state index is 13.6. The summed E-state index contributed by atoms with van der Waals surface area (Å²) in [4.78, 5) is 64.5. The topological polar surface area (TPSA) is 149 Å². The second-order valence-corrected chi connectivity index (χ2v) is 11.1. The van der Waals surface area contributed by atoms with Crippen LogP contribution in [0.1, 0.15) is 38.3 Å². The van der Waals surface area contributed by atoms with Gasteiger partial charge >= 0.3 is 18.0 Å². The lowest BCUT2D eigenvalue weighted by Gasteiger charge is -2.25. The van der Waals surface area contributed by atoms with Crippen LogP contribution in [0.4, 0.5) is 4.79 Å². The Bertz CT molecular complexity index is 1490. The van der Waals surface area contributed by atoms with Crippen molar-refractivity contribution in [2.45, 2.75) is 57.9 Å². The summed E-state index contributed by atoms with van der Waals surface area (Å²) in [5.41, 5.74) is 0.629. The van der Waals surface area contributed by atoms with Crippen molar-refractivity contribution < 1.29 is 38.2 Å². The van der Waals surface area contributed by atoms with Crippen molar-refractivity contribution in [1.29, 1.82) is 0 Å². The van der Waals surface area contributed by atoms with E-state index in [1.54, 1.807) is 45.0 Å². The monoisotopic (exact) mass is 617 g/mol. The van der Waals surface area contributed by atoms with Crippen LogP contribution in [0.5, 0.6) is 0 Å². The fraction of sp³-hybridized carbons (Fsp3) is 0.324. The highest BCUT2D eigenvalue weighted by atomic mass is 16.6. The molecule has 3 amide bonds. The summed E-state index contributed by atoms with van der Waals surface area (Å²) < 4.78 is 15.6. The van der Waals surface area contributed by atoms with Crippen LogP contribution < -0.4 is 16.0 Å². The van der Waals surface area contributed by atoms with Gasteiger partial charge in [-0.3, -0.25) is 19.2 Å². The summed E-state index contributed by atoms with van der Waals surface area (Å²) in [6, 6.07) is 19.4. The molecule has 3 aromatic carbocycles. The number of nitrogens with one attached hydrogen (secondary N) is 3. The lowest BCUT2D eigenvalue weighted by molar-refractivity contribution is -0.156. The number of amides is 3. The fourth-order valence-corrected chi connectivity index (χ4v) is 4.32. The molecule has 11 nitrogen and oxygen atoms in total. The Morgan fingerprint density at radius 2 is 1.49 bits per heavy atom. The zero-order valence-electron chi connectivity index (χ0n) is 25.7. The van der Waals surface area contributed by atoms with Gasteiger partial charge in [0.15, 0.2) is 0 Å². The van der Waals surface area contributed by atoms with E-state index in [-0.39, 0.29) is 19.6 Å². The van der Waals surface area contributed by atoms with Crippen molar-refractivity contribution in [2.75, 3.05) is 13.2 Å². The van der Waals surface area contributed by atoms with Crippen molar-refractivity contribution in [2.24, 2.45) is 0 Å². The van der Waals surface area contributed by atoms with E-state index in [9.17, 15) is 24.0 Å². The predicted molar refractivity (Wildman–Crippen MR) is 168 cm³/mol. The number of fused-ring (bicyclic) bond motifs is 1. The number of alkyl carbamates (subject to hydrolysis) is 1. The summed E-state index contributed by atoms with van der Waals surface area (Å²) in [6.07, 6.45) is -0.0351. The SMILES string of the molecule is C=CCOC(=O)CNC(=O)[C@H](Cc1cccc2ccccc12)NC(=O)[C@H](CC(=O)OC(C)(C)C)NC(=O)OCc1ccccc1. The molecule has 0 saturated carbocycles. The molecule has 0 bridgehead atoms. The van der Waals surface area contributed by atoms with E-state index >= 15 is 0 Å². The summed E-state index contributed by atoms with van der Waals surface area (Å²) in [5.74, 6) is -2.93. The zero-order valence-corrected chi connectivity index (χ0v) is 25.7. The Morgan fingerprint density at radius 3 is 2.20 bits per heavy atom. The molecule has 0 aliphatic carbocycles. The van der Waals surface area contributed by atoms with Crippen molar-refractivity contribution in [1.82, 2.24) is 16.0 Å². The Kier molecular flexibility index (Phi) is 12.7. The van der Waals surface area contributed by atoms with Gasteiger partial charge in [0.1, 0.15) is 37.4 Å². The quantitative estimate of drug-likeness (QED) is 0.141. The Hall–Kier alpha value is -5.19. The normalized spacial score (nSPS) is 12.2. The number of rotatable bonds is 14. The van der Waals surface area contributed by atoms with Crippen molar-refractivity contribution in [3.8, 4) is 0 Å².